The molecule has 41 heavy (non-hydrogen) atoms. The van der Waals surface area contributed by atoms with E-state index in [1.165, 1.54) is 147 Å². The van der Waals surface area contributed by atoms with Crippen molar-refractivity contribution in [2.75, 3.05) is 0 Å². The van der Waals surface area contributed by atoms with Crippen LogP contribution in [0.15, 0.2) is 24.3 Å². The molecule has 0 aromatic heterocycles. The fourth-order valence-electron chi connectivity index (χ4n) is 5.75. The van der Waals surface area contributed by atoms with Crippen LogP contribution in [0.1, 0.15) is 202 Å². The topological polar surface area (TPSA) is 63.6 Å². The van der Waals surface area contributed by atoms with Gasteiger partial charge in [-0.1, -0.05) is 167 Å². The number of aromatic carboxylic acids is 1. The number of hydrogen-bond donors (Lipinski definition) is 1. The number of benzene rings is 1. The number of rotatable bonds is 29. The van der Waals surface area contributed by atoms with E-state index in [2.05, 4.69) is 13.8 Å². The van der Waals surface area contributed by atoms with Crippen molar-refractivity contribution >= 4 is 11.9 Å². The standard InChI is InChI=1S/C37H64O4/c1-3-5-7-9-11-13-14-15-16-17-18-20-22-24-26-30-33(29-25-23-21-19-12-10-8-6-4-2)41-37(40)35-32-28-27-31-34(35)36(38)39/h27-28,31-33H,3-26,29-30H2,1-2H3,(H,38,39). The van der Waals surface area contributed by atoms with Crippen LogP contribution in [0, 0.1) is 0 Å². The van der Waals surface area contributed by atoms with Gasteiger partial charge in [-0.05, 0) is 37.8 Å². The van der Waals surface area contributed by atoms with Crippen LogP contribution < -0.4 is 0 Å². The van der Waals surface area contributed by atoms with E-state index in [9.17, 15) is 14.7 Å². The molecule has 1 unspecified atom stereocenters. The maximum absolute atomic E-state index is 12.9. The summed E-state index contributed by atoms with van der Waals surface area (Å²) in [6.45, 7) is 4.53. The van der Waals surface area contributed by atoms with Crippen molar-refractivity contribution in [3.05, 3.63) is 35.4 Å². The lowest BCUT2D eigenvalue weighted by Crippen LogP contribution is -2.20. The summed E-state index contributed by atoms with van der Waals surface area (Å²) in [5.41, 5.74) is 0.180. The molecule has 0 saturated heterocycles. The summed E-state index contributed by atoms with van der Waals surface area (Å²) in [5, 5.41) is 9.48. The van der Waals surface area contributed by atoms with Crippen molar-refractivity contribution in [1.29, 1.82) is 0 Å². The molecule has 1 aromatic carbocycles. The highest BCUT2D eigenvalue weighted by Gasteiger charge is 2.21. The first-order chi connectivity index (χ1) is 20.1. The molecule has 0 radical (unpaired) electrons. The van der Waals surface area contributed by atoms with E-state index in [4.69, 9.17) is 4.74 Å². The highest BCUT2D eigenvalue weighted by Crippen LogP contribution is 2.20. The van der Waals surface area contributed by atoms with Gasteiger partial charge in [-0.15, -0.1) is 0 Å². The molecule has 1 N–H and O–H groups in total. The van der Waals surface area contributed by atoms with E-state index in [1.54, 1.807) is 18.2 Å². The zero-order valence-corrected chi connectivity index (χ0v) is 26.9. The predicted octanol–water partition coefficient (Wildman–Crippen LogP) is 12.1. The van der Waals surface area contributed by atoms with Crippen LogP contribution in [0.2, 0.25) is 0 Å². The molecule has 0 fully saturated rings. The van der Waals surface area contributed by atoms with Gasteiger partial charge in [-0.25, -0.2) is 9.59 Å². The lowest BCUT2D eigenvalue weighted by atomic mass is 10.0. The molecule has 1 atom stereocenters. The first kappa shape index (κ1) is 37.2. The second-order valence-electron chi connectivity index (χ2n) is 12.2. The molecule has 4 nitrogen and oxygen atoms in total. The first-order valence-electron chi connectivity index (χ1n) is 17.6. The molecule has 0 aliphatic rings. The van der Waals surface area contributed by atoms with Crippen molar-refractivity contribution in [1.82, 2.24) is 0 Å². The molecule has 236 valence electrons. The highest BCUT2D eigenvalue weighted by molar-refractivity contribution is 6.02. The zero-order valence-electron chi connectivity index (χ0n) is 26.9. The van der Waals surface area contributed by atoms with Gasteiger partial charge in [0.25, 0.3) is 0 Å². The second-order valence-corrected chi connectivity index (χ2v) is 12.2. The van der Waals surface area contributed by atoms with Crippen molar-refractivity contribution in [3.63, 3.8) is 0 Å². The van der Waals surface area contributed by atoms with Crippen molar-refractivity contribution in [2.24, 2.45) is 0 Å². The third kappa shape index (κ3) is 20.6. The van der Waals surface area contributed by atoms with Crippen LogP contribution in [0.4, 0.5) is 0 Å². The van der Waals surface area contributed by atoms with Crippen molar-refractivity contribution in [3.8, 4) is 0 Å². The minimum atomic E-state index is -1.09. The Kier molecular flexibility index (Phi) is 24.5. The van der Waals surface area contributed by atoms with Crippen LogP contribution in [-0.4, -0.2) is 23.1 Å². The molecule has 0 aliphatic heterocycles. The molecule has 0 amide bonds. The van der Waals surface area contributed by atoms with Gasteiger partial charge in [0.2, 0.25) is 0 Å². The van der Waals surface area contributed by atoms with Gasteiger partial charge in [0, 0.05) is 0 Å². The SMILES string of the molecule is CCCCCCCCCCCCCCCCCC(CCCCCCCCCCC)OC(=O)c1ccccc1C(=O)O. The van der Waals surface area contributed by atoms with Crippen LogP contribution >= 0.6 is 0 Å². The number of carboxylic acid groups (broad SMARTS) is 1. The minimum Gasteiger partial charge on any atom is -0.478 e. The number of carboxylic acids is 1. The molecule has 0 spiro atoms. The number of hydrogen-bond acceptors (Lipinski definition) is 3. The summed E-state index contributed by atoms with van der Waals surface area (Å²) < 4.78 is 5.92. The lowest BCUT2D eigenvalue weighted by molar-refractivity contribution is 0.0244. The van der Waals surface area contributed by atoms with Crippen molar-refractivity contribution < 1.29 is 19.4 Å². The normalized spacial score (nSPS) is 12.0. The average Bonchev–Trinajstić information content (AvgIpc) is 2.98. The summed E-state index contributed by atoms with van der Waals surface area (Å²) in [6.07, 6.45) is 33.1. The Morgan fingerprint density at radius 3 is 1.20 bits per heavy atom. The van der Waals surface area contributed by atoms with Gasteiger partial charge in [0.05, 0.1) is 11.1 Å². The lowest BCUT2D eigenvalue weighted by Gasteiger charge is -2.19. The molecular weight excluding hydrogens is 508 g/mol. The maximum Gasteiger partial charge on any atom is 0.339 e. The first-order valence-corrected chi connectivity index (χ1v) is 17.6. The molecule has 0 bridgehead atoms. The van der Waals surface area contributed by atoms with E-state index >= 15 is 0 Å². The fourth-order valence-corrected chi connectivity index (χ4v) is 5.75. The third-order valence-electron chi connectivity index (χ3n) is 8.41. The minimum absolute atomic E-state index is 0.0197. The van der Waals surface area contributed by atoms with E-state index in [0.717, 1.165) is 25.7 Å². The number of carbonyl (C=O) groups excluding carboxylic acids is 1. The van der Waals surface area contributed by atoms with Gasteiger partial charge in [-0.3, -0.25) is 0 Å². The summed E-state index contributed by atoms with van der Waals surface area (Å²) in [7, 11) is 0. The van der Waals surface area contributed by atoms with Crippen molar-refractivity contribution in [2.45, 2.75) is 187 Å². The van der Waals surface area contributed by atoms with E-state index in [-0.39, 0.29) is 17.2 Å². The quantitative estimate of drug-likeness (QED) is 0.0766. The Morgan fingerprint density at radius 2 is 0.854 bits per heavy atom. The summed E-state index contributed by atoms with van der Waals surface area (Å²) in [6, 6.07) is 6.39. The molecule has 1 aromatic rings. The second kappa shape index (κ2) is 27.0. The molecule has 4 heteroatoms. The Morgan fingerprint density at radius 1 is 0.537 bits per heavy atom. The Hall–Kier alpha value is -1.84. The number of unbranched alkanes of at least 4 members (excludes halogenated alkanes) is 22. The van der Waals surface area contributed by atoms with Gasteiger partial charge in [0.1, 0.15) is 6.10 Å². The van der Waals surface area contributed by atoms with Gasteiger partial charge in [-0.2, -0.15) is 0 Å². The van der Waals surface area contributed by atoms with Crippen LogP contribution in [0.25, 0.3) is 0 Å². The number of ether oxygens (including phenoxy) is 1. The smallest absolute Gasteiger partial charge is 0.339 e. The van der Waals surface area contributed by atoms with Crippen LogP contribution in [0.3, 0.4) is 0 Å². The van der Waals surface area contributed by atoms with Crippen LogP contribution in [-0.2, 0) is 4.74 Å². The Labute approximate surface area is 253 Å². The van der Waals surface area contributed by atoms with Gasteiger partial charge < -0.3 is 9.84 Å². The zero-order chi connectivity index (χ0) is 29.8. The molecule has 0 heterocycles. The summed E-state index contributed by atoms with van der Waals surface area (Å²) in [5.74, 6) is -1.58. The Balaban J connectivity index is 2.29. The number of carbonyl (C=O) groups is 2. The number of esters is 1. The third-order valence-corrected chi connectivity index (χ3v) is 8.41. The predicted molar refractivity (Wildman–Crippen MR) is 174 cm³/mol. The maximum atomic E-state index is 12.9. The van der Waals surface area contributed by atoms with Gasteiger partial charge >= 0.3 is 11.9 Å². The summed E-state index contributed by atoms with van der Waals surface area (Å²) in [4.78, 5) is 24.5. The van der Waals surface area contributed by atoms with Crippen LogP contribution in [0.5, 0.6) is 0 Å². The fraction of sp³-hybridized carbons (Fsp3) is 0.784. The Bertz CT molecular complexity index is 759. The van der Waals surface area contributed by atoms with E-state index in [0.29, 0.717) is 0 Å². The summed E-state index contributed by atoms with van der Waals surface area (Å²) >= 11 is 0. The van der Waals surface area contributed by atoms with E-state index < -0.39 is 11.9 Å². The molecule has 0 aliphatic carbocycles. The monoisotopic (exact) mass is 572 g/mol. The van der Waals surface area contributed by atoms with E-state index in [1.807, 2.05) is 0 Å². The molecule has 0 saturated carbocycles. The highest BCUT2D eigenvalue weighted by atomic mass is 16.5. The molecule has 1 rings (SSSR count). The average molecular weight is 573 g/mol. The largest absolute Gasteiger partial charge is 0.478 e. The van der Waals surface area contributed by atoms with Gasteiger partial charge in [0.15, 0.2) is 0 Å². The molecular formula is C37H64O4.